The number of ketones is 1. The SMILES string of the molecule is CC#CCOc1ccc(C[C@H](NC(=O)[C@@H](C=CCCCCCCC(=O)CCCCCCC)[C@@](O)(CC(=O)N(C)C)C(=O)O)C(=O)OC)cc1. The normalized spacial score (nSPS) is 13.3. The molecule has 11 heteroatoms. The van der Waals surface area contributed by atoms with Crippen LogP contribution in [0.1, 0.15) is 103 Å². The highest BCUT2D eigenvalue weighted by atomic mass is 16.5. The number of methoxy groups -OCH3 is 1. The lowest BCUT2D eigenvalue weighted by atomic mass is 9.82. The summed E-state index contributed by atoms with van der Waals surface area (Å²) < 4.78 is 10.4. The van der Waals surface area contributed by atoms with Gasteiger partial charge in [-0.3, -0.25) is 14.4 Å². The van der Waals surface area contributed by atoms with E-state index in [4.69, 9.17) is 9.47 Å². The third-order valence-corrected chi connectivity index (χ3v) is 8.20. The number of nitrogens with zero attached hydrogens (tertiary/aromatic N) is 1. The zero-order valence-electron chi connectivity index (χ0n) is 29.9. The first-order valence-corrected chi connectivity index (χ1v) is 17.2. The topological polar surface area (TPSA) is 160 Å². The Hall–Kier alpha value is -4.17. The van der Waals surface area contributed by atoms with Gasteiger partial charge in [-0.15, -0.1) is 5.92 Å². The summed E-state index contributed by atoms with van der Waals surface area (Å²) in [5.74, 6) is 0.523. The van der Waals surface area contributed by atoms with Crippen molar-refractivity contribution < 1.29 is 43.7 Å². The number of Topliss-reactive ketones (excluding diaryl/α,β-unsaturated/α-hetero) is 1. The first kappa shape index (κ1) is 42.9. The molecule has 0 aliphatic carbocycles. The van der Waals surface area contributed by atoms with Gasteiger partial charge in [0.2, 0.25) is 11.8 Å². The molecule has 0 saturated heterocycles. The third-order valence-electron chi connectivity index (χ3n) is 8.20. The van der Waals surface area contributed by atoms with Crippen LogP contribution in [0.2, 0.25) is 0 Å². The number of benzene rings is 1. The van der Waals surface area contributed by atoms with Crippen LogP contribution in [-0.4, -0.2) is 84.1 Å². The van der Waals surface area contributed by atoms with Gasteiger partial charge in [-0.25, -0.2) is 9.59 Å². The Labute approximate surface area is 291 Å². The molecule has 0 saturated carbocycles. The van der Waals surface area contributed by atoms with Crippen LogP contribution in [0.4, 0.5) is 0 Å². The van der Waals surface area contributed by atoms with Crippen LogP contribution < -0.4 is 10.1 Å². The number of carboxylic acid groups (broad SMARTS) is 1. The Balaban J connectivity index is 2.98. The third kappa shape index (κ3) is 16.7. The first-order chi connectivity index (χ1) is 23.4. The van der Waals surface area contributed by atoms with E-state index in [1.807, 2.05) is 0 Å². The predicted molar refractivity (Wildman–Crippen MR) is 188 cm³/mol. The van der Waals surface area contributed by atoms with E-state index in [0.29, 0.717) is 42.8 Å². The second-order valence-electron chi connectivity index (χ2n) is 12.4. The average Bonchev–Trinajstić information content (AvgIpc) is 3.07. The van der Waals surface area contributed by atoms with Gasteiger partial charge in [0.05, 0.1) is 19.4 Å². The molecule has 0 spiro atoms. The molecule has 0 heterocycles. The zero-order valence-corrected chi connectivity index (χ0v) is 29.9. The summed E-state index contributed by atoms with van der Waals surface area (Å²) in [7, 11) is 3.99. The lowest BCUT2D eigenvalue weighted by molar-refractivity contribution is -0.170. The van der Waals surface area contributed by atoms with Gasteiger partial charge in [0.1, 0.15) is 24.2 Å². The molecular weight excluding hydrogens is 628 g/mol. The summed E-state index contributed by atoms with van der Waals surface area (Å²) in [4.78, 5) is 64.7. The number of hydrogen-bond acceptors (Lipinski definition) is 8. The fourth-order valence-corrected chi connectivity index (χ4v) is 5.14. The number of aliphatic hydroxyl groups is 1. The highest BCUT2D eigenvalue weighted by molar-refractivity contribution is 5.95. The molecule has 1 aromatic carbocycles. The first-order valence-electron chi connectivity index (χ1n) is 17.2. The van der Waals surface area contributed by atoms with Crippen molar-refractivity contribution in [3.8, 4) is 17.6 Å². The molecule has 272 valence electrons. The van der Waals surface area contributed by atoms with Crippen molar-refractivity contribution in [1.82, 2.24) is 10.2 Å². The van der Waals surface area contributed by atoms with Crippen molar-refractivity contribution >= 4 is 29.5 Å². The summed E-state index contributed by atoms with van der Waals surface area (Å²) in [5, 5.41) is 24.0. The summed E-state index contributed by atoms with van der Waals surface area (Å²) in [6.45, 7) is 4.08. The molecule has 2 amide bonds. The van der Waals surface area contributed by atoms with Crippen LogP contribution in [0.25, 0.3) is 0 Å². The van der Waals surface area contributed by atoms with E-state index in [2.05, 4.69) is 24.1 Å². The number of carbonyl (C=O) groups is 5. The van der Waals surface area contributed by atoms with Crippen molar-refractivity contribution in [1.29, 1.82) is 0 Å². The minimum atomic E-state index is -2.79. The number of aliphatic carboxylic acids is 1. The van der Waals surface area contributed by atoms with Gasteiger partial charge in [0.15, 0.2) is 5.60 Å². The van der Waals surface area contributed by atoms with E-state index in [-0.39, 0.29) is 13.0 Å². The standard InChI is InChI=1S/C38H56N2O9/c1-6-8-10-13-16-19-30(41)20-17-14-11-12-15-18-21-32(38(47,37(45)46)28-34(42)40(3)4)35(43)39-33(36(44)48-5)27-29-22-24-31(25-23-29)49-26-9-7-2/h18,21-25,32-33,47H,6,8,10-17,19-20,26-28H2,1-5H3,(H,39,43)(H,45,46)/t32-,33+,38+/m1/s1. The van der Waals surface area contributed by atoms with E-state index >= 15 is 0 Å². The molecule has 0 fully saturated rings. The lowest BCUT2D eigenvalue weighted by Gasteiger charge is -2.31. The van der Waals surface area contributed by atoms with Crippen molar-refractivity contribution in [2.24, 2.45) is 5.92 Å². The molecule has 3 atom stereocenters. The van der Waals surface area contributed by atoms with Crippen molar-refractivity contribution in [2.75, 3.05) is 27.8 Å². The number of allylic oxidation sites excluding steroid dienone is 1. The van der Waals surface area contributed by atoms with Gasteiger partial charge >= 0.3 is 11.9 Å². The maximum Gasteiger partial charge on any atom is 0.337 e. The maximum atomic E-state index is 13.7. The molecule has 1 aromatic rings. The monoisotopic (exact) mass is 684 g/mol. The smallest absolute Gasteiger partial charge is 0.337 e. The van der Waals surface area contributed by atoms with Gasteiger partial charge in [-0.1, -0.05) is 75.7 Å². The second kappa shape index (κ2) is 24.0. The number of rotatable bonds is 25. The molecule has 49 heavy (non-hydrogen) atoms. The minimum absolute atomic E-state index is 0.00732. The highest BCUT2D eigenvalue weighted by Gasteiger charge is 2.49. The Morgan fingerprint density at radius 3 is 2.12 bits per heavy atom. The number of carbonyl (C=O) groups excluding carboxylic acids is 4. The number of ether oxygens (including phenoxy) is 2. The fraction of sp³-hybridized carbons (Fsp3) is 0.605. The molecule has 0 aliphatic rings. The minimum Gasteiger partial charge on any atom is -0.481 e. The summed E-state index contributed by atoms with van der Waals surface area (Å²) in [6, 6.07) is 5.59. The molecule has 0 radical (unpaired) electrons. The number of carboxylic acids is 1. The van der Waals surface area contributed by atoms with E-state index in [9.17, 15) is 34.2 Å². The Morgan fingerprint density at radius 1 is 0.959 bits per heavy atom. The molecule has 11 nitrogen and oxygen atoms in total. The van der Waals surface area contributed by atoms with Crippen molar-refractivity contribution in [2.45, 2.75) is 115 Å². The molecule has 0 aromatic heterocycles. The average molecular weight is 685 g/mol. The van der Waals surface area contributed by atoms with Crippen LogP contribution in [0.15, 0.2) is 36.4 Å². The fourth-order valence-electron chi connectivity index (χ4n) is 5.14. The zero-order chi connectivity index (χ0) is 36.7. The number of unbranched alkanes of at least 4 members (excludes halogenated alkanes) is 8. The van der Waals surface area contributed by atoms with E-state index < -0.39 is 47.7 Å². The van der Waals surface area contributed by atoms with Gasteiger partial charge in [0.25, 0.3) is 0 Å². The Morgan fingerprint density at radius 2 is 1.57 bits per heavy atom. The van der Waals surface area contributed by atoms with Gasteiger partial charge < -0.3 is 29.9 Å². The number of esters is 1. The van der Waals surface area contributed by atoms with E-state index in [1.165, 1.54) is 46.5 Å². The molecule has 0 unspecified atom stereocenters. The van der Waals surface area contributed by atoms with Crippen LogP contribution >= 0.6 is 0 Å². The quantitative estimate of drug-likeness (QED) is 0.0556. The van der Waals surface area contributed by atoms with Crippen LogP contribution in [0.3, 0.4) is 0 Å². The molecule has 1 rings (SSSR count). The summed E-state index contributed by atoms with van der Waals surface area (Å²) in [6.07, 6.45) is 12.5. The number of nitrogens with one attached hydrogen (secondary N) is 1. The van der Waals surface area contributed by atoms with E-state index in [1.54, 1.807) is 37.3 Å². The molecule has 0 bridgehead atoms. The van der Waals surface area contributed by atoms with Gasteiger partial charge in [-0.2, -0.15) is 0 Å². The summed E-state index contributed by atoms with van der Waals surface area (Å²) >= 11 is 0. The lowest BCUT2D eigenvalue weighted by Crippen LogP contribution is -2.56. The number of hydrogen-bond donors (Lipinski definition) is 3. The van der Waals surface area contributed by atoms with E-state index in [0.717, 1.165) is 37.0 Å². The van der Waals surface area contributed by atoms with Crippen LogP contribution in [0.5, 0.6) is 5.75 Å². The number of amides is 2. The largest absolute Gasteiger partial charge is 0.481 e. The highest BCUT2D eigenvalue weighted by Crippen LogP contribution is 2.26. The Kier molecular flexibility index (Phi) is 21.0. The Bertz CT molecular complexity index is 1280. The van der Waals surface area contributed by atoms with Crippen LogP contribution in [0, 0.1) is 17.8 Å². The van der Waals surface area contributed by atoms with Gasteiger partial charge in [-0.05, 0) is 50.3 Å². The van der Waals surface area contributed by atoms with Crippen molar-refractivity contribution in [3.63, 3.8) is 0 Å². The van der Waals surface area contributed by atoms with Gasteiger partial charge in [0, 0.05) is 33.4 Å². The van der Waals surface area contributed by atoms with Crippen molar-refractivity contribution in [3.05, 3.63) is 42.0 Å². The molecule has 3 N–H and O–H groups in total. The molecular formula is C38H56N2O9. The maximum absolute atomic E-state index is 13.7. The molecule has 0 aliphatic heterocycles. The van der Waals surface area contributed by atoms with Crippen LogP contribution in [-0.2, 0) is 35.1 Å². The summed E-state index contributed by atoms with van der Waals surface area (Å²) in [5.41, 5.74) is -2.14. The predicted octanol–water partition coefficient (Wildman–Crippen LogP) is 5.03. The second-order valence-corrected chi connectivity index (χ2v) is 12.4.